The standard InChI is InChI=1S/C14H15NO/c1-15-13-8-3-2-5-11(13)9-10-6-4-7-12(10)14(15)16/h2-3,5,8-9,12H,4,6-7H2,1H3. The first kappa shape index (κ1) is 9.64. The summed E-state index contributed by atoms with van der Waals surface area (Å²) in [4.78, 5) is 14.1. The zero-order chi connectivity index (χ0) is 11.1. The number of fused-ring (bicyclic) bond motifs is 2. The molecule has 0 bridgehead atoms. The van der Waals surface area contributed by atoms with E-state index < -0.39 is 0 Å². The molecule has 2 aliphatic rings. The van der Waals surface area contributed by atoms with E-state index in [1.54, 1.807) is 0 Å². The normalized spacial score (nSPS) is 23.6. The van der Waals surface area contributed by atoms with Crippen LogP contribution in [0.2, 0.25) is 0 Å². The van der Waals surface area contributed by atoms with Gasteiger partial charge in [0, 0.05) is 7.05 Å². The third kappa shape index (κ3) is 1.29. The van der Waals surface area contributed by atoms with E-state index in [0.29, 0.717) is 0 Å². The molecular weight excluding hydrogens is 198 g/mol. The van der Waals surface area contributed by atoms with E-state index in [1.807, 2.05) is 30.1 Å². The number of nitrogens with zero attached hydrogens (tertiary/aromatic N) is 1. The monoisotopic (exact) mass is 213 g/mol. The summed E-state index contributed by atoms with van der Waals surface area (Å²) in [5.41, 5.74) is 3.54. The maximum Gasteiger partial charge on any atom is 0.233 e. The average molecular weight is 213 g/mol. The lowest BCUT2D eigenvalue weighted by Gasteiger charge is -2.20. The first-order chi connectivity index (χ1) is 7.77. The maximum atomic E-state index is 12.3. The first-order valence-corrected chi connectivity index (χ1v) is 5.84. The molecule has 1 aromatic rings. The molecule has 2 nitrogen and oxygen atoms in total. The molecule has 1 aliphatic heterocycles. The molecule has 1 saturated carbocycles. The number of benzene rings is 1. The molecule has 16 heavy (non-hydrogen) atoms. The van der Waals surface area contributed by atoms with Crippen molar-refractivity contribution < 1.29 is 4.79 Å². The fourth-order valence-corrected chi connectivity index (χ4v) is 2.79. The highest BCUT2D eigenvalue weighted by atomic mass is 16.2. The van der Waals surface area contributed by atoms with Crippen molar-refractivity contribution in [2.24, 2.45) is 5.92 Å². The van der Waals surface area contributed by atoms with Crippen LogP contribution in [0.3, 0.4) is 0 Å². The molecule has 82 valence electrons. The van der Waals surface area contributed by atoms with Gasteiger partial charge in [0.2, 0.25) is 5.91 Å². The van der Waals surface area contributed by atoms with Crippen molar-refractivity contribution in [1.29, 1.82) is 0 Å². The van der Waals surface area contributed by atoms with Crippen molar-refractivity contribution in [2.45, 2.75) is 19.3 Å². The fraction of sp³-hybridized carbons (Fsp3) is 0.357. The molecule has 2 heteroatoms. The molecule has 0 aromatic heterocycles. The number of carbonyl (C=O) groups excluding carboxylic acids is 1. The molecule has 1 aromatic carbocycles. The summed E-state index contributed by atoms with van der Waals surface area (Å²) in [5, 5.41) is 0. The second-order valence-corrected chi connectivity index (χ2v) is 4.62. The highest BCUT2D eigenvalue weighted by Crippen LogP contribution is 2.38. The third-order valence-electron chi connectivity index (χ3n) is 3.67. The van der Waals surface area contributed by atoms with Gasteiger partial charge in [0.1, 0.15) is 0 Å². The number of amides is 1. The van der Waals surface area contributed by atoms with E-state index in [9.17, 15) is 4.79 Å². The zero-order valence-corrected chi connectivity index (χ0v) is 9.44. The molecule has 1 heterocycles. The predicted molar refractivity (Wildman–Crippen MR) is 65.2 cm³/mol. The molecule has 1 amide bonds. The lowest BCUT2D eigenvalue weighted by atomic mass is 10.0. The molecule has 1 unspecified atom stereocenters. The minimum Gasteiger partial charge on any atom is -0.314 e. The van der Waals surface area contributed by atoms with Crippen molar-refractivity contribution >= 4 is 17.7 Å². The van der Waals surface area contributed by atoms with Crippen molar-refractivity contribution in [2.75, 3.05) is 11.9 Å². The lowest BCUT2D eigenvalue weighted by molar-refractivity contribution is -0.120. The Labute approximate surface area is 95.6 Å². The summed E-state index contributed by atoms with van der Waals surface area (Å²) in [6.07, 6.45) is 5.47. The third-order valence-corrected chi connectivity index (χ3v) is 3.67. The van der Waals surface area contributed by atoms with Crippen LogP contribution < -0.4 is 4.90 Å². The van der Waals surface area contributed by atoms with E-state index in [2.05, 4.69) is 12.1 Å². The molecule has 0 radical (unpaired) electrons. The second-order valence-electron chi connectivity index (χ2n) is 4.62. The Morgan fingerprint density at radius 2 is 2.12 bits per heavy atom. The van der Waals surface area contributed by atoms with Gasteiger partial charge in [-0.05, 0) is 30.9 Å². The van der Waals surface area contributed by atoms with Crippen molar-refractivity contribution in [3.63, 3.8) is 0 Å². The van der Waals surface area contributed by atoms with Crippen LogP contribution in [0.5, 0.6) is 0 Å². The predicted octanol–water partition coefficient (Wildman–Crippen LogP) is 2.85. The first-order valence-electron chi connectivity index (χ1n) is 5.84. The summed E-state index contributed by atoms with van der Waals surface area (Å²) in [5.74, 6) is 0.395. The van der Waals surface area contributed by atoms with Crippen LogP contribution in [0.4, 0.5) is 5.69 Å². The molecule has 1 atom stereocenters. The Morgan fingerprint density at radius 1 is 1.31 bits per heavy atom. The summed E-state index contributed by atoms with van der Waals surface area (Å²) >= 11 is 0. The van der Waals surface area contributed by atoms with Gasteiger partial charge >= 0.3 is 0 Å². The molecule has 0 spiro atoms. The molecular formula is C14H15NO. The summed E-state index contributed by atoms with van der Waals surface area (Å²) in [6.45, 7) is 0. The Bertz CT molecular complexity index is 475. The Balaban J connectivity index is 2.18. The average Bonchev–Trinajstić information content (AvgIpc) is 2.72. The van der Waals surface area contributed by atoms with Crippen LogP contribution in [0.1, 0.15) is 24.8 Å². The van der Waals surface area contributed by atoms with Gasteiger partial charge in [0.15, 0.2) is 0 Å². The number of hydrogen-bond acceptors (Lipinski definition) is 1. The topological polar surface area (TPSA) is 20.3 Å². The van der Waals surface area contributed by atoms with E-state index >= 15 is 0 Å². The van der Waals surface area contributed by atoms with Gasteiger partial charge in [-0.3, -0.25) is 4.79 Å². The minimum absolute atomic E-state index is 0.136. The van der Waals surface area contributed by atoms with Gasteiger partial charge in [0.05, 0.1) is 11.6 Å². The number of hydrogen-bond donors (Lipinski definition) is 0. The van der Waals surface area contributed by atoms with Gasteiger partial charge in [0.25, 0.3) is 0 Å². The van der Waals surface area contributed by atoms with Crippen LogP contribution in [0, 0.1) is 5.92 Å². The SMILES string of the molecule is CN1C(=O)C2CCCC2=Cc2ccccc21. The van der Waals surface area contributed by atoms with Crippen LogP contribution in [-0.4, -0.2) is 13.0 Å². The van der Waals surface area contributed by atoms with E-state index in [1.165, 1.54) is 11.1 Å². The Kier molecular flexibility index (Phi) is 2.10. The smallest absolute Gasteiger partial charge is 0.233 e. The van der Waals surface area contributed by atoms with Crippen LogP contribution in [0.25, 0.3) is 6.08 Å². The van der Waals surface area contributed by atoms with Gasteiger partial charge in [-0.2, -0.15) is 0 Å². The van der Waals surface area contributed by atoms with Gasteiger partial charge in [-0.1, -0.05) is 29.8 Å². The summed E-state index contributed by atoms with van der Waals surface area (Å²) in [6, 6.07) is 8.13. The number of rotatable bonds is 0. The van der Waals surface area contributed by atoms with E-state index in [0.717, 1.165) is 24.9 Å². The zero-order valence-electron chi connectivity index (χ0n) is 9.44. The molecule has 1 fully saturated rings. The van der Waals surface area contributed by atoms with Crippen LogP contribution in [0.15, 0.2) is 29.8 Å². The Hall–Kier alpha value is -1.57. The summed E-state index contributed by atoms with van der Waals surface area (Å²) in [7, 11) is 1.89. The fourth-order valence-electron chi connectivity index (χ4n) is 2.79. The highest BCUT2D eigenvalue weighted by molar-refractivity contribution is 6.01. The van der Waals surface area contributed by atoms with Gasteiger partial charge in [-0.25, -0.2) is 0 Å². The van der Waals surface area contributed by atoms with Crippen molar-refractivity contribution in [3.05, 3.63) is 35.4 Å². The van der Waals surface area contributed by atoms with Crippen molar-refractivity contribution in [1.82, 2.24) is 0 Å². The Morgan fingerprint density at radius 3 is 3.00 bits per heavy atom. The highest BCUT2D eigenvalue weighted by Gasteiger charge is 2.32. The van der Waals surface area contributed by atoms with Crippen LogP contribution >= 0.6 is 0 Å². The summed E-state index contributed by atoms with van der Waals surface area (Å²) < 4.78 is 0. The minimum atomic E-state index is 0.136. The van der Waals surface area contributed by atoms with Crippen molar-refractivity contribution in [3.8, 4) is 0 Å². The van der Waals surface area contributed by atoms with Gasteiger partial charge in [-0.15, -0.1) is 0 Å². The van der Waals surface area contributed by atoms with Crippen LogP contribution in [-0.2, 0) is 4.79 Å². The molecule has 0 N–H and O–H groups in total. The molecule has 0 saturated heterocycles. The lowest BCUT2D eigenvalue weighted by Crippen LogP contribution is -2.31. The molecule has 3 rings (SSSR count). The van der Waals surface area contributed by atoms with E-state index in [4.69, 9.17) is 0 Å². The molecule has 1 aliphatic carbocycles. The van der Waals surface area contributed by atoms with Gasteiger partial charge < -0.3 is 4.90 Å². The largest absolute Gasteiger partial charge is 0.314 e. The maximum absolute atomic E-state index is 12.3. The number of anilines is 1. The number of para-hydroxylation sites is 1. The second kappa shape index (κ2) is 3.48. The number of carbonyl (C=O) groups is 1. The van der Waals surface area contributed by atoms with E-state index in [-0.39, 0.29) is 11.8 Å². The quantitative estimate of drug-likeness (QED) is 0.649.